The molecule has 0 heterocycles. The molecule has 3 heteroatoms. The van der Waals surface area contributed by atoms with Crippen LogP contribution in [0.3, 0.4) is 0 Å². The highest BCUT2D eigenvalue weighted by Gasteiger charge is 1.97. The van der Waals surface area contributed by atoms with Crippen molar-refractivity contribution < 1.29 is 4.79 Å². The predicted molar refractivity (Wildman–Crippen MR) is 29.2 cm³/mol. The molecule has 0 unspecified atom stereocenters. The van der Waals surface area contributed by atoms with E-state index in [4.69, 9.17) is 5.26 Å². The van der Waals surface area contributed by atoms with Crippen molar-refractivity contribution in [1.82, 2.24) is 4.90 Å². The van der Waals surface area contributed by atoms with E-state index in [-0.39, 0.29) is 6.54 Å². The first-order valence-corrected chi connectivity index (χ1v) is 2.24. The first-order chi connectivity index (χ1) is 3.66. The SMILES string of the molecule is CN(C)CC(=O)C#N. The summed E-state index contributed by atoms with van der Waals surface area (Å²) >= 11 is 0. The van der Waals surface area contributed by atoms with E-state index in [9.17, 15) is 4.79 Å². The van der Waals surface area contributed by atoms with E-state index in [1.807, 2.05) is 0 Å². The number of nitriles is 1. The van der Waals surface area contributed by atoms with Crippen molar-refractivity contribution in [2.45, 2.75) is 0 Å². The van der Waals surface area contributed by atoms with Crippen molar-refractivity contribution >= 4 is 5.78 Å². The van der Waals surface area contributed by atoms with Crippen molar-refractivity contribution in [3.63, 3.8) is 0 Å². The number of rotatable bonds is 2. The molecule has 44 valence electrons. The predicted octanol–water partition coefficient (Wildman–Crippen LogP) is -0.359. The Balaban J connectivity index is 3.44. The average Bonchev–Trinajstić information content (AvgIpc) is 1.65. The van der Waals surface area contributed by atoms with E-state index in [0.29, 0.717) is 0 Å². The second-order valence-corrected chi connectivity index (χ2v) is 1.77. The fraction of sp³-hybridized carbons (Fsp3) is 0.600. The lowest BCUT2D eigenvalue weighted by molar-refractivity contribution is -0.114. The summed E-state index contributed by atoms with van der Waals surface area (Å²) in [5.74, 6) is -0.394. The summed E-state index contributed by atoms with van der Waals surface area (Å²) in [6.07, 6.45) is 0. The third kappa shape index (κ3) is 3.32. The summed E-state index contributed by atoms with van der Waals surface area (Å²) in [6.45, 7) is 0.219. The quantitative estimate of drug-likeness (QED) is 0.458. The first-order valence-electron chi connectivity index (χ1n) is 2.24. The summed E-state index contributed by atoms with van der Waals surface area (Å²) in [5.41, 5.74) is 0. The fourth-order valence-electron chi connectivity index (χ4n) is 0.323. The Morgan fingerprint density at radius 2 is 2.25 bits per heavy atom. The molecule has 0 spiro atoms. The van der Waals surface area contributed by atoms with Gasteiger partial charge in [-0.2, -0.15) is 5.26 Å². The number of hydrogen-bond donors (Lipinski definition) is 0. The van der Waals surface area contributed by atoms with E-state index < -0.39 is 5.78 Å². The van der Waals surface area contributed by atoms with Crippen molar-refractivity contribution in [2.75, 3.05) is 20.6 Å². The minimum Gasteiger partial charge on any atom is -0.301 e. The lowest BCUT2D eigenvalue weighted by atomic mass is 10.4. The molecule has 0 amide bonds. The van der Waals surface area contributed by atoms with Crippen LogP contribution in [-0.4, -0.2) is 31.3 Å². The van der Waals surface area contributed by atoms with Gasteiger partial charge < -0.3 is 4.90 Å². The van der Waals surface area contributed by atoms with Gasteiger partial charge in [0.1, 0.15) is 6.07 Å². The zero-order valence-corrected chi connectivity index (χ0v) is 5.01. The van der Waals surface area contributed by atoms with Gasteiger partial charge in [-0.15, -0.1) is 0 Å². The van der Waals surface area contributed by atoms with Crippen molar-refractivity contribution in [2.24, 2.45) is 0 Å². The van der Waals surface area contributed by atoms with Crippen LogP contribution >= 0.6 is 0 Å². The van der Waals surface area contributed by atoms with Crippen LogP contribution in [0.15, 0.2) is 0 Å². The molecule has 0 N–H and O–H groups in total. The van der Waals surface area contributed by atoms with Gasteiger partial charge in [0.05, 0.1) is 6.54 Å². The molecule has 0 atom stereocenters. The first kappa shape index (κ1) is 7.12. The van der Waals surface area contributed by atoms with Gasteiger partial charge in [-0.05, 0) is 14.1 Å². The topological polar surface area (TPSA) is 44.1 Å². The van der Waals surface area contributed by atoms with E-state index in [0.717, 1.165) is 0 Å². The van der Waals surface area contributed by atoms with E-state index in [1.54, 1.807) is 19.0 Å². The highest BCUT2D eigenvalue weighted by atomic mass is 16.1. The minimum absolute atomic E-state index is 0.219. The molecule has 0 rings (SSSR count). The van der Waals surface area contributed by atoms with Gasteiger partial charge >= 0.3 is 0 Å². The Labute approximate surface area is 48.5 Å². The summed E-state index contributed by atoms with van der Waals surface area (Å²) in [5, 5.41) is 7.96. The molecule has 0 aromatic carbocycles. The van der Waals surface area contributed by atoms with Crippen LogP contribution in [0.5, 0.6) is 0 Å². The molecule has 0 bridgehead atoms. The molecule has 0 saturated carbocycles. The number of Topliss-reactive ketones (excluding diaryl/α,β-unsaturated/α-hetero) is 1. The van der Waals surface area contributed by atoms with Crippen molar-refractivity contribution in [3.05, 3.63) is 0 Å². The lowest BCUT2D eigenvalue weighted by Crippen LogP contribution is -2.19. The van der Waals surface area contributed by atoms with Gasteiger partial charge in [-0.25, -0.2) is 0 Å². The molecule has 0 fully saturated rings. The van der Waals surface area contributed by atoms with E-state index >= 15 is 0 Å². The lowest BCUT2D eigenvalue weighted by Gasteiger charge is -2.01. The zero-order chi connectivity index (χ0) is 6.57. The molecular weight excluding hydrogens is 104 g/mol. The van der Waals surface area contributed by atoms with Crippen LogP contribution < -0.4 is 0 Å². The van der Waals surface area contributed by atoms with Gasteiger partial charge in [-0.1, -0.05) is 0 Å². The number of likely N-dealkylation sites (N-methyl/N-ethyl adjacent to an activating group) is 1. The molecule has 3 nitrogen and oxygen atoms in total. The summed E-state index contributed by atoms with van der Waals surface area (Å²) < 4.78 is 0. The van der Waals surface area contributed by atoms with Crippen LogP contribution in [0, 0.1) is 11.3 Å². The van der Waals surface area contributed by atoms with Gasteiger partial charge in [0, 0.05) is 0 Å². The maximum absolute atomic E-state index is 10.2. The number of hydrogen-bond acceptors (Lipinski definition) is 3. The number of carbonyl (C=O) groups excluding carboxylic acids is 1. The summed E-state index contributed by atoms with van der Waals surface area (Å²) in [4.78, 5) is 11.9. The van der Waals surface area contributed by atoms with Crippen LogP contribution in [0.2, 0.25) is 0 Å². The molecule has 0 aromatic rings. The number of carbonyl (C=O) groups is 1. The minimum atomic E-state index is -0.394. The maximum atomic E-state index is 10.2. The molecular formula is C5H8N2O. The van der Waals surface area contributed by atoms with Gasteiger partial charge in [0.25, 0.3) is 0 Å². The molecule has 0 aliphatic heterocycles. The van der Waals surface area contributed by atoms with Gasteiger partial charge in [0.2, 0.25) is 5.78 Å². The third-order valence-corrected chi connectivity index (χ3v) is 0.585. The van der Waals surface area contributed by atoms with Crippen LogP contribution in [0.1, 0.15) is 0 Å². The highest BCUT2D eigenvalue weighted by molar-refractivity contribution is 5.94. The van der Waals surface area contributed by atoms with Crippen molar-refractivity contribution in [1.29, 1.82) is 5.26 Å². The Bertz CT molecular complexity index is 123. The molecule has 0 aliphatic rings. The fourth-order valence-corrected chi connectivity index (χ4v) is 0.323. The summed E-state index contributed by atoms with van der Waals surface area (Å²) in [6, 6.07) is 1.52. The van der Waals surface area contributed by atoms with Crippen LogP contribution in [0.4, 0.5) is 0 Å². The van der Waals surface area contributed by atoms with Gasteiger partial charge in [-0.3, -0.25) is 4.79 Å². The molecule has 0 aliphatic carbocycles. The smallest absolute Gasteiger partial charge is 0.245 e. The van der Waals surface area contributed by atoms with Gasteiger partial charge in [0.15, 0.2) is 0 Å². The van der Waals surface area contributed by atoms with E-state index in [2.05, 4.69) is 0 Å². The number of nitrogens with zero attached hydrogens (tertiary/aromatic N) is 2. The van der Waals surface area contributed by atoms with Crippen LogP contribution in [0.25, 0.3) is 0 Å². The van der Waals surface area contributed by atoms with Crippen molar-refractivity contribution in [3.8, 4) is 6.07 Å². The summed E-state index contributed by atoms with van der Waals surface area (Å²) in [7, 11) is 3.49. The second kappa shape index (κ2) is 3.16. The monoisotopic (exact) mass is 112 g/mol. The highest BCUT2D eigenvalue weighted by Crippen LogP contribution is 1.73. The standard InChI is InChI=1S/C5H8N2O/c1-7(2)4-5(8)3-6/h4H2,1-2H3. The third-order valence-electron chi connectivity index (χ3n) is 0.585. The van der Waals surface area contributed by atoms with E-state index in [1.165, 1.54) is 6.07 Å². The van der Waals surface area contributed by atoms with Crippen LogP contribution in [-0.2, 0) is 4.79 Å². The largest absolute Gasteiger partial charge is 0.301 e. The number of ketones is 1. The normalized spacial score (nSPS) is 8.75. The molecule has 8 heavy (non-hydrogen) atoms. The molecule has 0 saturated heterocycles. The molecule has 0 aromatic heterocycles. The Hall–Kier alpha value is -0.880. The Morgan fingerprint density at radius 1 is 1.75 bits per heavy atom. The average molecular weight is 112 g/mol. The Kier molecular flexibility index (Phi) is 2.82. The second-order valence-electron chi connectivity index (χ2n) is 1.77. The maximum Gasteiger partial charge on any atom is 0.245 e. The molecule has 0 radical (unpaired) electrons. The zero-order valence-electron chi connectivity index (χ0n) is 5.01. The Morgan fingerprint density at radius 3 is 2.38 bits per heavy atom.